The zero-order valence-electron chi connectivity index (χ0n) is 8.31. The predicted octanol–water partition coefficient (Wildman–Crippen LogP) is 1.77. The second-order valence-electron chi connectivity index (χ2n) is 3.40. The van der Waals surface area contributed by atoms with Gasteiger partial charge in [-0.3, -0.25) is 9.78 Å². The summed E-state index contributed by atoms with van der Waals surface area (Å²) in [5.41, 5.74) is 6.06. The third-order valence-corrected chi connectivity index (χ3v) is 2.33. The Kier molecular flexibility index (Phi) is 2.74. The first-order valence-corrected chi connectivity index (χ1v) is 4.88. The van der Waals surface area contributed by atoms with E-state index in [9.17, 15) is 4.79 Å². The van der Waals surface area contributed by atoms with E-state index >= 15 is 0 Å². The van der Waals surface area contributed by atoms with Crippen molar-refractivity contribution in [2.45, 2.75) is 6.42 Å². The van der Waals surface area contributed by atoms with Gasteiger partial charge in [0.1, 0.15) is 0 Å². The highest BCUT2D eigenvalue weighted by Crippen LogP contribution is 2.15. The van der Waals surface area contributed by atoms with E-state index < -0.39 is 0 Å². The first-order valence-electron chi connectivity index (χ1n) is 4.88. The number of Topliss-reactive ketones (excluding diaryl/α,β-unsaturated/α-hetero) is 1. The molecule has 0 bridgehead atoms. The number of rotatable bonds is 3. The van der Waals surface area contributed by atoms with Crippen LogP contribution in [0.3, 0.4) is 0 Å². The summed E-state index contributed by atoms with van der Waals surface area (Å²) in [5, 5.41) is 2.08. The smallest absolute Gasteiger partial charge is 0.164 e. The lowest BCUT2D eigenvalue weighted by Gasteiger charge is -2.01. The van der Waals surface area contributed by atoms with Crippen molar-refractivity contribution in [3.05, 3.63) is 42.2 Å². The Bertz CT molecular complexity index is 494. The molecule has 0 aliphatic rings. The summed E-state index contributed by atoms with van der Waals surface area (Å²) in [6.07, 6.45) is 3.89. The van der Waals surface area contributed by atoms with Gasteiger partial charge in [0.15, 0.2) is 5.78 Å². The van der Waals surface area contributed by atoms with Crippen LogP contribution in [0.25, 0.3) is 10.8 Å². The zero-order valence-corrected chi connectivity index (χ0v) is 8.31. The lowest BCUT2D eigenvalue weighted by molar-refractivity contribution is 0.0985. The van der Waals surface area contributed by atoms with Crippen molar-refractivity contribution < 1.29 is 4.79 Å². The lowest BCUT2D eigenvalue weighted by Crippen LogP contribution is -2.07. The van der Waals surface area contributed by atoms with Crippen LogP contribution in [0.1, 0.15) is 16.8 Å². The summed E-state index contributed by atoms with van der Waals surface area (Å²) < 4.78 is 0. The summed E-state index contributed by atoms with van der Waals surface area (Å²) >= 11 is 0. The Morgan fingerprint density at radius 3 is 2.93 bits per heavy atom. The van der Waals surface area contributed by atoms with Crippen LogP contribution in [0.15, 0.2) is 36.7 Å². The molecular formula is C12H12N2O. The number of carbonyl (C=O) groups is 1. The molecule has 0 atom stereocenters. The number of ketones is 1. The maximum atomic E-state index is 11.6. The summed E-state index contributed by atoms with van der Waals surface area (Å²) in [4.78, 5) is 15.6. The van der Waals surface area contributed by atoms with E-state index in [1.165, 1.54) is 0 Å². The minimum absolute atomic E-state index is 0.0863. The molecule has 15 heavy (non-hydrogen) atoms. The highest BCUT2D eigenvalue weighted by Gasteiger charge is 2.04. The van der Waals surface area contributed by atoms with Gasteiger partial charge >= 0.3 is 0 Å². The van der Waals surface area contributed by atoms with Crippen LogP contribution in [0.5, 0.6) is 0 Å². The van der Waals surface area contributed by atoms with E-state index in [1.807, 2.05) is 24.3 Å². The lowest BCUT2D eigenvalue weighted by atomic mass is 10.0. The minimum atomic E-state index is 0.0863. The first kappa shape index (κ1) is 9.80. The van der Waals surface area contributed by atoms with Gasteiger partial charge in [0.25, 0.3) is 0 Å². The molecule has 3 nitrogen and oxygen atoms in total. The molecular weight excluding hydrogens is 188 g/mol. The van der Waals surface area contributed by atoms with Crippen molar-refractivity contribution in [3.8, 4) is 0 Å². The molecule has 0 saturated carbocycles. The molecule has 3 heteroatoms. The van der Waals surface area contributed by atoms with Gasteiger partial charge in [-0.1, -0.05) is 12.1 Å². The fraction of sp³-hybridized carbons (Fsp3) is 0.167. The topological polar surface area (TPSA) is 56.0 Å². The fourth-order valence-electron chi connectivity index (χ4n) is 1.53. The molecule has 1 aromatic heterocycles. The fourth-order valence-corrected chi connectivity index (χ4v) is 1.53. The first-order chi connectivity index (χ1) is 7.31. The van der Waals surface area contributed by atoms with Crippen LogP contribution in [-0.4, -0.2) is 17.3 Å². The quantitative estimate of drug-likeness (QED) is 0.768. The number of aromatic nitrogens is 1. The minimum Gasteiger partial charge on any atom is -0.330 e. The standard InChI is InChI=1S/C12H12N2O/c13-5-3-12(15)10-2-1-9-4-6-14-8-11(9)7-10/h1-2,4,6-8H,3,5,13H2. The second kappa shape index (κ2) is 4.19. The number of hydrogen-bond acceptors (Lipinski definition) is 3. The molecule has 0 amide bonds. The summed E-state index contributed by atoms with van der Waals surface area (Å²) in [6, 6.07) is 7.55. The van der Waals surface area contributed by atoms with Gasteiger partial charge in [0.2, 0.25) is 0 Å². The van der Waals surface area contributed by atoms with Crippen molar-refractivity contribution in [1.82, 2.24) is 4.98 Å². The molecule has 2 aromatic rings. The van der Waals surface area contributed by atoms with Crippen LogP contribution in [-0.2, 0) is 0 Å². The van der Waals surface area contributed by atoms with Gasteiger partial charge < -0.3 is 5.73 Å². The van der Waals surface area contributed by atoms with Crippen LogP contribution in [0.4, 0.5) is 0 Å². The maximum Gasteiger partial charge on any atom is 0.164 e. The van der Waals surface area contributed by atoms with Gasteiger partial charge in [0.05, 0.1) is 0 Å². The Balaban J connectivity index is 2.42. The maximum absolute atomic E-state index is 11.6. The molecule has 76 valence electrons. The van der Waals surface area contributed by atoms with Gasteiger partial charge in [-0.2, -0.15) is 0 Å². The molecule has 1 heterocycles. The van der Waals surface area contributed by atoms with E-state index in [4.69, 9.17) is 5.73 Å². The molecule has 0 aliphatic heterocycles. The average Bonchev–Trinajstić information content (AvgIpc) is 2.29. The second-order valence-corrected chi connectivity index (χ2v) is 3.40. The monoisotopic (exact) mass is 200 g/mol. The largest absolute Gasteiger partial charge is 0.330 e. The van der Waals surface area contributed by atoms with Crippen molar-refractivity contribution in [2.75, 3.05) is 6.54 Å². The Labute approximate surface area is 87.9 Å². The molecule has 0 saturated heterocycles. The predicted molar refractivity (Wildman–Crippen MR) is 59.7 cm³/mol. The van der Waals surface area contributed by atoms with Crippen molar-refractivity contribution >= 4 is 16.6 Å². The number of benzene rings is 1. The van der Waals surface area contributed by atoms with Crippen molar-refractivity contribution in [2.24, 2.45) is 5.73 Å². The van der Waals surface area contributed by atoms with Gasteiger partial charge in [-0.25, -0.2) is 0 Å². The van der Waals surface area contributed by atoms with Crippen molar-refractivity contribution in [3.63, 3.8) is 0 Å². The molecule has 2 rings (SSSR count). The number of carbonyl (C=O) groups excluding carboxylic acids is 1. The normalized spacial score (nSPS) is 10.5. The summed E-state index contributed by atoms with van der Waals surface area (Å²) in [7, 11) is 0. The SMILES string of the molecule is NCCC(=O)c1ccc2ccncc2c1. The molecule has 0 aliphatic carbocycles. The Morgan fingerprint density at radius 1 is 1.27 bits per heavy atom. The molecule has 1 aromatic carbocycles. The summed E-state index contributed by atoms with van der Waals surface area (Å²) in [5.74, 6) is 0.0863. The van der Waals surface area contributed by atoms with Crippen molar-refractivity contribution in [1.29, 1.82) is 0 Å². The van der Waals surface area contributed by atoms with Gasteiger partial charge in [-0.15, -0.1) is 0 Å². The Hall–Kier alpha value is -1.74. The summed E-state index contributed by atoms with van der Waals surface area (Å²) in [6.45, 7) is 0.393. The van der Waals surface area contributed by atoms with Gasteiger partial charge in [-0.05, 0) is 24.1 Å². The van der Waals surface area contributed by atoms with E-state index in [0.717, 1.165) is 10.8 Å². The molecule has 0 spiro atoms. The number of pyridine rings is 1. The molecule has 2 N–H and O–H groups in total. The highest BCUT2D eigenvalue weighted by atomic mass is 16.1. The zero-order chi connectivity index (χ0) is 10.7. The van der Waals surface area contributed by atoms with Crippen LogP contribution >= 0.6 is 0 Å². The third kappa shape index (κ3) is 2.02. The van der Waals surface area contributed by atoms with E-state index in [2.05, 4.69) is 4.98 Å². The molecule has 0 radical (unpaired) electrons. The van der Waals surface area contributed by atoms with E-state index in [0.29, 0.717) is 18.5 Å². The number of nitrogens with zero attached hydrogens (tertiary/aromatic N) is 1. The van der Waals surface area contributed by atoms with Crippen LogP contribution < -0.4 is 5.73 Å². The number of hydrogen-bond donors (Lipinski definition) is 1. The van der Waals surface area contributed by atoms with Crippen LogP contribution in [0, 0.1) is 0 Å². The highest BCUT2D eigenvalue weighted by molar-refractivity contribution is 5.99. The average molecular weight is 200 g/mol. The number of nitrogens with two attached hydrogens (primary N) is 1. The molecule has 0 unspecified atom stereocenters. The van der Waals surface area contributed by atoms with Gasteiger partial charge in [0, 0.05) is 29.8 Å². The third-order valence-electron chi connectivity index (χ3n) is 2.33. The Morgan fingerprint density at radius 2 is 2.13 bits per heavy atom. The van der Waals surface area contributed by atoms with Crippen LogP contribution in [0.2, 0.25) is 0 Å². The van der Waals surface area contributed by atoms with E-state index in [1.54, 1.807) is 12.4 Å². The number of fused-ring (bicyclic) bond motifs is 1. The van der Waals surface area contributed by atoms with E-state index in [-0.39, 0.29) is 5.78 Å². The molecule has 0 fully saturated rings.